The maximum atomic E-state index is 15.4. The molecule has 1 unspecified atom stereocenters. The van der Waals surface area contributed by atoms with Crippen molar-refractivity contribution in [1.29, 1.82) is 0 Å². The first-order valence-corrected chi connectivity index (χ1v) is 10.0. The average Bonchev–Trinajstić information content (AvgIpc) is 2.74. The van der Waals surface area contributed by atoms with E-state index in [1.54, 1.807) is 0 Å². The molecule has 144 valence electrons. The number of rotatable bonds is 2. The van der Waals surface area contributed by atoms with E-state index in [0.717, 1.165) is 50.3 Å². The van der Waals surface area contributed by atoms with E-state index in [9.17, 15) is 0 Å². The number of morpholine rings is 1. The smallest absolute Gasteiger partial charge is 0.134 e. The second kappa shape index (κ2) is 7.19. The molecule has 0 radical (unpaired) electrons. The van der Waals surface area contributed by atoms with Gasteiger partial charge >= 0.3 is 0 Å². The van der Waals surface area contributed by atoms with Crippen molar-refractivity contribution >= 4 is 16.5 Å². The van der Waals surface area contributed by atoms with Crippen LogP contribution in [0.1, 0.15) is 22.6 Å². The van der Waals surface area contributed by atoms with E-state index in [-0.39, 0.29) is 11.7 Å². The zero-order chi connectivity index (χ0) is 19.1. The predicted octanol–water partition coefficient (Wildman–Crippen LogP) is 4.39. The van der Waals surface area contributed by atoms with Crippen molar-refractivity contribution in [3.8, 4) is 0 Å². The van der Waals surface area contributed by atoms with Gasteiger partial charge in [-0.25, -0.2) is 4.39 Å². The van der Waals surface area contributed by atoms with E-state index in [0.29, 0.717) is 5.39 Å². The van der Waals surface area contributed by atoms with Gasteiger partial charge in [-0.3, -0.25) is 0 Å². The number of ether oxygens (including phenoxy) is 1. The fourth-order valence-electron chi connectivity index (χ4n) is 4.64. The standard InChI is InChI=1S/C24H25FN2O/c1-26-15-18-14-19(27-10-12-28-13-11-27)7-9-20(18)23(16-26)22-8-6-17-4-2-3-5-21(17)24(22)25/h2-9,14,23H,10-13,15-16H2,1H3. The Kier molecular flexibility index (Phi) is 4.53. The van der Waals surface area contributed by atoms with Crippen molar-refractivity contribution in [2.45, 2.75) is 12.5 Å². The minimum absolute atomic E-state index is 0.0529. The summed E-state index contributed by atoms with van der Waals surface area (Å²) >= 11 is 0. The van der Waals surface area contributed by atoms with Crippen LogP contribution in [0.15, 0.2) is 54.6 Å². The van der Waals surface area contributed by atoms with Crippen molar-refractivity contribution in [3.05, 3.63) is 77.1 Å². The molecule has 0 bridgehead atoms. The molecular weight excluding hydrogens is 351 g/mol. The van der Waals surface area contributed by atoms with E-state index in [1.165, 1.54) is 16.8 Å². The summed E-state index contributed by atoms with van der Waals surface area (Å²) in [5, 5.41) is 1.66. The maximum Gasteiger partial charge on any atom is 0.134 e. The molecule has 28 heavy (non-hydrogen) atoms. The Labute approximate surface area is 165 Å². The molecule has 3 aromatic rings. The van der Waals surface area contributed by atoms with Crippen molar-refractivity contribution in [2.75, 3.05) is 44.8 Å². The van der Waals surface area contributed by atoms with E-state index in [4.69, 9.17) is 4.74 Å². The van der Waals surface area contributed by atoms with Crippen molar-refractivity contribution in [1.82, 2.24) is 4.90 Å². The Bertz CT molecular complexity index is 1010. The van der Waals surface area contributed by atoms with Crippen LogP contribution >= 0.6 is 0 Å². The van der Waals surface area contributed by atoms with Crippen LogP contribution in [0.5, 0.6) is 0 Å². The predicted molar refractivity (Wildman–Crippen MR) is 112 cm³/mol. The number of nitrogens with zero attached hydrogens (tertiary/aromatic N) is 2. The molecule has 0 aliphatic carbocycles. The molecule has 4 heteroatoms. The number of anilines is 1. The third-order valence-electron chi connectivity index (χ3n) is 6.08. The van der Waals surface area contributed by atoms with Gasteiger partial charge in [-0.2, -0.15) is 0 Å². The lowest BCUT2D eigenvalue weighted by Gasteiger charge is -2.35. The summed E-state index contributed by atoms with van der Waals surface area (Å²) in [4.78, 5) is 4.68. The van der Waals surface area contributed by atoms with Gasteiger partial charge in [0.05, 0.1) is 13.2 Å². The van der Waals surface area contributed by atoms with Crippen LogP contribution < -0.4 is 4.90 Å². The first-order valence-electron chi connectivity index (χ1n) is 10.0. The second-order valence-electron chi connectivity index (χ2n) is 7.92. The van der Waals surface area contributed by atoms with Crippen LogP contribution in [-0.4, -0.2) is 44.8 Å². The SMILES string of the molecule is CN1Cc2cc(N3CCOCC3)ccc2C(c2ccc3ccccc3c2F)C1. The molecular formula is C24H25FN2O. The Hall–Kier alpha value is -2.43. The van der Waals surface area contributed by atoms with Gasteiger partial charge in [-0.05, 0) is 41.3 Å². The summed E-state index contributed by atoms with van der Waals surface area (Å²) in [6, 6.07) is 18.4. The molecule has 5 rings (SSSR count). The summed E-state index contributed by atoms with van der Waals surface area (Å²) < 4.78 is 20.9. The maximum absolute atomic E-state index is 15.4. The molecule has 0 N–H and O–H groups in total. The summed E-state index contributed by atoms with van der Waals surface area (Å²) in [5.74, 6) is -0.0290. The first kappa shape index (κ1) is 17.7. The van der Waals surface area contributed by atoms with Gasteiger partial charge in [-0.1, -0.05) is 42.5 Å². The molecule has 0 spiro atoms. The highest BCUT2D eigenvalue weighted by atomic mass is 19.1. The number of likely N-dealkylation sites (N-methyl/N-ethyl adjacent to an activating group) is 1. The number of fused-ring (bicyclic) bond motifs is 2. The molecule has 0 amide bonds. The van der Waals surface area contributed by atoms with Crippen LogP contribution in [-0.2, 0) is 11.3 Å². The van der Waals surface area contributed by atoms with E-state index < -0.39 is 0 Å². The minimum Gasteiger partial charge on any atom is -0.378 e. The summed E-state index contributed by atoms with van der Waals surface area (Å²) in [5.41, 5.74) is 4.60. The monoisotopic (exact) mass is 376 g/mol. The Morgan fingerprint density at radius 2 is 1.75 bits per heavy atom. The van der Waals surface area contributed by atoms with Crippen LogP contribution in [0.3, 0.4) is 0 Å². The zero-order valence-corrected chi connectivity index (χ0v) is 16.2. The molecule has 2 heterocycles. The Morgan fingerprint density at radius 1 is 0.964 bits per heavy atom. The molecule has 2 aliphatic heterocycles. The number of halogens is 1. The number of benzene rings is 3. The van der Waals surface area contributed by atoms with Crippen molar-refractivity contribution in [3.63, 3.8) is 0 Å². The lowest BCUT2D eigenvalue weighted by atomic mass is 9.83. The van der Waals surface area contributed by atoms with Gasteiger partial charge < -0.3 is 14.5 Å². The fraction of sp³-hybridized carbons (Fsp3) is 0.333. The summed E-state index contributed by atoms with van der Waals surface area (Å²) in [6.07, 6.45) is 0. The number of hydrogen-bond acceptors (Lipinski definition) is 3. The lowest BCUT2D eigenvalue weighted by Crippen LogP contribution is -2.37. The van der Waals surface area contributed by atoms with Crippen LogP contribution in [0.4, 0.5) is 10.1 Å². The molecule has 3 aromatic carbocycles. The Morgan fingerprint density at radius 3 is 2.61 bits per heavy atom. The van der Waals surface area contributed by atoms with Gasteiger partial charge in [-0.15, -0.1) is 0 Å². The van der Waals surface area contributed by atoms with E-state index >= 15 is 4.39 Å². The van der Waals surface area contributed by atoms with Gasteiger partial charge in [0.15, 0.2) is 0 Å². The molecule has 1 atom stereocenters. The normalized spacial score (nSPS) is 20.4. The van der Waals surface area contributed by atoms with Crippen LogP contribution in [0, 0.1) is 5.82 Å². The van der Waals surface area contributed by atoms with Crippen LogP contribution in [0.2, 0.25) is 0 Å². The van der Waals surface area contributed by atoms with Gasteiger partial charge in [0.25, 0.3) is 0 Å². The topological polar surface area (TPSA) is 15.7 Å². The van der Waals surface area contributed by atoms with E-state index in [1.807, 2.05) is 36.4 Å². The van der Waals surface area contributed by atoms with Crippen molar-refractivity contribution in [2.24, 2.45) is 0 Å². The molecule has 0 saturated carbocycles. The highest BCUT2D eigenvalue weighted by Gasteiger charge is 2.28. The summed E-state index contributed by atoms with van der Waals surface area (Å²) in [6.45, 7) is 5.15. The fourth-order valence-corrected chi connectivity index (χ4v) is 4.64. The van der Waals surface area contributed by atoms with Crippen molar-refractivity contribution < 1.29 is 9.13 Å². The molecule has 1 fully saturated rings. The van der Waals surface area contributed by atoms with Gasteiger partial charge in [0, 0.05) is 43.2 Å². The molecule has 2 aliphatic rings. The van der Waals surface area contributed by atoms with Crippen LogP contribution in [0.25, 0.3) is 10.8 Å². The molecule has 0 aromatic heterocycles. The third-order valence-corrected chi connectivity index (χ3v) is 6.08. The highest BCUT2D eigenvalue weighted by molar-refractivity contribution is 5.84. The minimum atomic E-state index is -0.0818. The van der Waals surface area contributed by atoms with Gasteiger partial charge in [0.2, 0.25) is 0 Å². The number of hydrogen-bond donors (Lipinski definition) is 0. The third kappa shape index (κ3) is 3.07. The highest BCUT2D eigenvalue weighted by Crippen LogP contribution is 2.37. The first-order chi connectivity index (χ1) is 13.7. The molecule has 3 nitrogen and oxygen atoms in total. The quantitative estimate of drug-likeness (QED) is 0.660. The second-order valence-corrected chi connectivity index (χ2v) is 7.92. The van der Waals surface area contributed by atoms with Gasteiger partial charge in [0.1, 0.15) is 5.82 Å². The zero-order valence-electron chi connectivity index (χ0n) is 16.2. The lowest BCUT2D eigenvalue weighted by molar-refractivity contribution is 0.122. The Balaban J connectivity index is 1.56. The summed E-state index contributed by atoms with van der Waals surface area (Å²) in [7, 11) is 2.12. The van der Waals surface area contributed by atoms with E-state index in [2.05, 4.69) is 35.0 Å². The molecule has 1 saturated heterocycles. The average molecular weight is 376 g/mol. The largest absolute Gasteiger partial charge is 0.378 e.